The van der Waals surface area contributed by atoms with Crippen LogP contribution in [0.1, 0.15) is 78.5 Å². The van der Waals surface area contributed by atoms with E-state index in [0.717, 1.165) is 70.2 Å². The molecular formula is C32H35N3O2S. The van der Waals surface area contributed by atoms with E-state index in [0.29, 0.717) is 19.1 Å². The largest absolute Gasteiger partial charge is 0.489 e. The van der Waals surface area contributed by atoms with Gasteiger partial charge in [0.25, 0.3) is 0 Å². The van der Waals surface area contributed by atoms with Gasteiger partial charge < -0.3 is 9.64 Å². The number of carbonyl (C=O) groups excluding carboxylic acids is 1. The lowest BCUT2D eigenvalue weighted by Gasteiger charge is -2.31. The number of hydrogen-bond donors (Lipinski definition) is 0. The second-order valence-electron chi connectivity index (χ2n) is 10.1. The van der Waals surface area contributed by atoms with E-state index in [1.54, 1.807) is 11.3 Å². The van der Waals surface area contributed by atoms with E-state index in [1.807, 2.05) is 53.6 Å². The summed E-state index contributed by atoms with van der Waals surface area (Å²) in [4.78, 5) is 25.6. The van der Waals surface area contributed by atoms with Crippen LogP contribution in [-0.4, -0.2) is 15.9 Å². The molecule has 0 radical (unpaired) electrons. The molecule has 1 unspecified atom stereocenters. The average Bonchev–Trinajstić information content (AvgIpc) is 3.42. The minimum atomic E-state index is -0.229. The van der Waals surface area contributed by atoms with Gasteiger partial charge >= 0.3 is 0 Å². The van der Waals surface area contributed by atoms with E-state index in [4.69, 9.17) is 9.72 Å². The van der Waals surface area contributed by atoms with E-state index < -0.39 is 0 Å². The molecule has 196 valence electrons. The zero-order valence-electron chi connectivity index (χ0n) is 22.4. The van der Waals surface area contributed by atoms with Gasteiger partial charge in [-0.15, -0.1) is 11.3 Å². The lowest BCUT2D eigenvalue weighted by molar-refractivity contribution is -0.120. The second kappa shape index (κ2) is 11.9. The first kappa shape index (κ1) is 26.1. The van der Waals surface area contributed by atoms with Gasteiger partial charge in [0.15, 0.2) is 0 Å². The summed E-state index contributed by atoms with van der Waals surface area (Å²) >= 11 is 1.65. The fraction of sp³-hybridized carbons (Fsp3) is 0.344. The fourth-order valence-corrected chi connectivity index (χ4v) is 5.81. The Hall–Kier alpha value is -3.51. The van der Waals surface area contributed by atoms with E-state index in [1.165, 1.54) is 0 Å². The Morgan fingerprint density at radius 2 is 1.95 bits per heavy atom. The van der Waals surface area contributed by atoms with Crippen LogP contribution in [0.3, 0.4) is 0 Å². The lowest BCUT2D eigenvalue weighted by atomic mass is 9.81. The van der Waals surface area contributed by atoms with Crippen molar-refractivity contribution in [1.82, 2.24) is 9.97 Å². The normalized spacial score (nSPS) is 14.8. The molecule has 1 aliphatic rings. The number of carbonyl (C=O) groups is 1. The van der Waals surface area contributed by atoms with Gasteiger partial charge in [0, 0.05) is 11.1 Å². The molecule has 0 saturated carbocycles. The van der Waals surface area contributed by atoms with Crippen molar-refractivity contribution in [2.24, 2.45) is 0 Å². The quantitative estimate of drug-likeness (QED) is 0.228. The molecule has 1 atom stereocenters. The molecule has 0 aliphatic heterocycles. The first-order chi connectivity index (χ1) is 18.5. The first-order valence-corrected chi connectivity index (χ1v) is 14.4. The van der Waals surface area contributed by atoms with Crippen LogP contribution < -0.4 is 9.64 Å². The van der Waals surface area contributed by atoms with Crippen molar-refractivity contribution in [3.8, 4) is 5.75 Å². The molecule has 38 heavy (non-hydrogen) atoms. The van der Waals surface area contributed by atoms with Crippen LogP contribution in [0.25, 0.3) is 0 Å². The van der Waals surface area contributed by atoms with Gasteiger partial charge in [-0.05, 0) is 66.5 Å². The topological polar surface area (TPSA) is 55.3 Å². The number of fused-ring (bicyclic) bond motifs is 1. The van der Waals surface area contributed by atoms with E-state index in [-0.39, 0.29) is 11.8 Å². The summed E-state index contributed by atoms with van der Waals surface area (Å²) in [6, 6.07) is 20.4. The minimum Gasteiger partial charge on any atom is -0.489 e. The van der Waals surface area contributed by atoms with Crippen molar-refractivity contribution in [1.29, 1.82) is 0 Å². The highest BCUT2D eigenvalue weighted by Gasteiger charge is 2.32. The number of pyridine rings is 1. The lowest BCUT2D eigenvalue weighted by Crippen LogP contribution is -2.36. The van der Waals surface area contributed by atoms with Crippen molar-refractivity contribution < 1.29 is 9.53 Å². The number of benzene rings is 2. The highest BCUT2D eigenvalue weighted by molar-refractivity contribution is 7.09. The summed E-state index contributed by atoms with van der Waals surface area (Å²) in [5.41, 5.74) is 6.12. The number of thiazole rings is 1. The summed E-state index contributed by atoms with van der Waals surface area (Å²) in [6.07, 6.45) is 5.42. The molecular weight excluding hydrogens is 490 g/mol. The molecule has 1 amide bonds. The smallest absolute Gasteiger partial charge is 0.234 e. The van der Waals surface area contributed by atoms with Crippen LogP contribution in [-0.2, 0) is 30.8 Å². The predicted octanol–water partition coefficient (Wildman–Crippen LogP) is 7.46. The Morgan fingerprint density at radius 1 is 1.11 bits per heavy atom. The monoisotopic (exact) mass is 525 g/mol. The maximum Gasteiger partial charge on any atom is 0.234 e. The molecule has 0 N–H and O–H groups in total. The molecule has 5 rings (SSSR count). The third-order valence-corrected chi connectivity index (χ3v) is 8.20. The Kier molecular flexibility index (Phi) is 8.18. The van der Waals surface area contributed by atoms with Gasteiger partial charge in [0.2, 0.25) is 5.91 Å². The number of anilines is 1. The molecule has 0 fully saturated rings. The predicted molar refractivity (Wildman–Crippen MR) is 154 cm³/mol. The van der Waals surface area contributed by atoms with E-state index in [9.17, 15) is 4.79 Å². The van der Waals surface area contributed by atoms with E-state index >= 15 is 0 Å². The third kappa shape index (κ3) is 5.81. The van der Waals surface area contributed by atoms with Crippen molar-refractivity contribution in [3.05, 3.63) is 105 Å². The number of aromatic nitrogens is 2. The molecule has 2 aromatic heterocycles. The van der Waals surface area contributed by atoms with Crippen molar-refractivity contribution >= 4 is 22.9 Å². The fourth-order valence-electron chi connectivity index (χ4n) is 5.07. The van der Waals surface area contributed by atoms with Crippen LogP contribution in [0.15, 0.2) is 72.2 Å². The van der Waals surface area contributed by atoms with Gasteiger partial charge in [-0.25, -0.2) is 4.98 Å². The summed E-state index contributed by atoms with van der Waals surface area (Å²) in [7, 11) is 0. The molecule has 4 aromatic rings. The molecule has 2 aromatic carbocycles. The Bertz CT molecular complexity index is 1370. The molecule has 6 heteroatoms. The van der Waals surface area contributed by atoms with Gasteiger partial charge in [0.05, 0.1) is 35.0 Å². The van der Waals surface area contributed by atoms with E-state index in [2.05, 4.69) is 49.3 Å². The maximum absolute atomic E-state index is 14.3. The standard InChI is InChI=1S/C32H35N3O2S/c1-4-31-34-24(21-38-31)19-35(25-16-17-29(22(2)3)33-18-25)32(36)28-14-8-13-27-26(28)12-9-15-30(27)37-20-23-10-6-5-7-11-23/h5-7,9-12,15-18,21-22,28H,4,8,13-14,19-20H2,1-3H3. The van der Waals surface area contributed by atoms with Crippen molar-refractivity contribution in [2.75, 3.05) is 4.90 Å². The Morgan fingerprint density at radius 3 is 2.66 bits per heavy atom. The number of amides is 1. The highest BCUT2D eigenvalue weighted by atomic mass is 32.1. The van der Waals surface area contributed by atoms with Crippen molar-refractivity contribution in [3.63, 3.8) is 0 Å². The molecule has 2 heterocycles. The third-order valence-electron chi connectivity index (χ3n) is 7.16. The number of hydrogen-bond acceptors (Lipinski definition) is 5. The van der Waals surface area contributed by atoms with Gasteiger partial charge in [-0.1, -0.05) is 63.2 Å². The number of ether oxygens (including phenoxy) is 1. The minimum absolute atomic E-state index is 0.0938. The first-order valence-electron chi connectivity index (χ1n) is 13.5. The molecule has 1 aliphatic carbocycles. The highest BCUT2D eigenvalue weighted by Crippen LogP contribution is 2.39. The van der Waals surface area contributed by atoms with Crippen LogP contribution in [0.4, 0.5) is 5.69 Å². The van der Waals surface area contributed by atoms with Gasteiger partial charge in [-0.3, -0.25) is 9.78 Å². The molecule has 0 saturated heterocycles. The summed E-state index contributed by atoms with van der Waals surface area (Å²) in [5.74, 6) is 1.08. The second-order valence-corrected chi connectivity index (χ2v) is 11.1. The summed E-state index contributed by atoms with van der Waals surface area (Å²) in [6.45, 7) is 7.32. The zero-order chi connectivity index (χ0) is 26.5. The van der Waals surface area contributed by atoms with Gasteiger partial charge in [-0.2, -0.15) is 0 Å². The van der Waals surface area contributed by atoms with Gasteiger partial charge in [0.1, 0.15) is 12.4 Å². The Labute approximate surface area is 229 Å². The molecule has 5 nitrogen and oxygen atoms in total. The SMILES string of the molecule is CCc1nc(CN(C(=O)C2CCCc3c(OCc4ccccc4)cccc32)c2ccc(C(C)C)nc2)cs1. The van der Waals surface area contributed by atoms with Crippen LogP contribution in [0.2, 0.25) is 0 Å². The van der Waals surface area contributed by atoms with Crippen molar-refractivity contribution in [2.45, 2.75) is 71.4 Å². The average molecular weight is 526 g/mol. The summed E-state index contributed by atoms with van der Waals surface area (Å²) in [5, 5.41) is 3.16. The van der Waals surface area contributed by atoms with Crippen LogP contribution in [0.5, 0.6) is 5.75 Å². The van der Waals surface area contributed by atoms with Crippen LogP contribution >= 0.6 is 11.3 Å². The number of rotatable bonds is 9. The number of nitrogens with zero attached hydrogens (tertiary/aromatic N) is 3. The van der Waals surface area contributed by atoms with Crippen LogP contribution in [0, 0.1) is 0 Å². The molecule has 0 spiro atoms. The maximum atomic E-state index is 14.3. The number of aryl methyl sites for hydroxylation is 1. The Balaban J connectivity index is 1.44. The summed E-state index contributed by atoms with van der Waals surface area (Å²) < 4.78 is 6.27. The zero-order valence-corrected chi connectivity index (χ0v) is 23.2. The molecule has 0 bridgehead atoms.